The maximum Gasteiger partial charge on any atom is 0.337 e. The van der Waals surface area contributed by atoms with E-state index in [2.05, 4.69) is 11.4 Å². The fourth-order valence-corrected chi connectivity index (χ4v) is 3.15. The van der Waals surface area contributed by atoms with Gasteiger partial charge in [-0.15, -0.1) is 0 Å². The van der Waals surface area contributed by atoms with Crippen molar-refractivity contribution < 1.29 is 14.3 Å². The van der Waals surface area contributed by atoms with Crippen molar-refractivity contribution in [3.05, 3.63) is 76.5 Å². The molecule has 0 radical (unpaired) electrons. The summed E-state index contributed by atoms with van der Waals surface area (Å²) >= 11 is 0. The second-order valence-corrected chi connectivity index (χ2v) is 6.10. The molecule has 7 nitrogen and oxygen atoms in total. The fourth-order valence-electron chi connectivity index (χ4n) is 3.15. The Morgan fingerprint density at radius 3 is 2.39 bits per heavy atom. The van der Waals surface area contributed by atoms with Crippen LogP contribution in [0.25, 0.3) is 0 Å². The molecule has 1 N–H and O–H groups in total. The third kappa shape index (κ3) is 3.29. The number of benzene rings is 2. The molecule has 138 valence electrons. The molecule has 1 aliphatic rings. The van der Waals surface area contributed by atoms with Crippen LogP contribution in [0.2, 0.25) is 0 Å². The number of allylic oxidation sites excluding steroid dienone is 1. The molecule has 7 heteroatoms. The summed E-state index contributed by atoms with van der Waals surface area (Å²) in [5, 5.41) is 20.9. The molecule has 0 spiro atoms. The van der Waals surface area contributed by atoms with Crippen molar-refractivity contribution >= 4 is 17.7 Å². The van der Waals surface area contributed by atoms with Gasteiger partial charge in [-0.25, -0.2) is 9.59 Å². The largest absolute Gasteiger partial charge is 0.466 e. The molecule has 0 saturated heterocycles. The number of nitrogens with zero attached hydrogens (tertiary/aromatic N) is 3. The van der Waals surface area contributed by atoms with Crippen molar-refractivity contribution in [2.24, 2.45) is 0 Å². The number of methoxy groups -OCH3 is 1. The number of nitriles is 2. The molecule has 1 aliphatic heterocycles. The Labute approximate surface area is 162 Å². The molecular weight excluding hydrogens is 356 g/mol. The van der Waals surface area contributed by atoms with Crippen molar-refractivity contribution in [2.75, 3.05) is 12.0 Å². The van der Waals surface area contributed by atoms with E-state index in [4.69, 9.17) is 15.3 Å². The first-order chi connectivity index (χ1) is 13.5. The Bertz CT molecular complexity index is 1060. The Hall–Kier alpha value is -4.10. The molecule has 0 bridgehead atoms. The summed E-state index contributed by atoms with van der Waals surface area (Å²) < 4.78 is 4.94. The van der Waals surface area contributed by atoms with Gasteiger partial charge in [0.2, 0.25) is 0 Å². The second kappa shape index (κ2) is 7.65. The number of nitrogens with one attached hydrogen (secondary N) is 1. The standard InChI is InChI=1S/C21H16N4O3/c1-13-18(20(26)28-2)19(16-5-3-4-15(10-16)12-23)24-21(27)25(13)17-8-6-14(11-22)7-9-17/h3-10,19H,1-2H3,(H,24,27). The van der Waals surface area contributed by atoms with Gasteiger partial charge in [-0.05, 0) is 48.9 Å². The SMILES string of the molecule is COC(=O)C1=C(C)N(c2ccc(C#N)cc2)C(=O)NC1c1cccc(C#N)c1. The van der Waals surface area contributed by atoms with Gasteiger partial charge in [-0.1, -0.05) is 12.1 Å². The molecule has 28 heavy (non-hydrogen) atoms. The van der Waals surface area contributed by atoms with Crippen LogP contribution in [0.5, 0.6) is 0 Å². The molecule has 3 rings (SSSR count). The third-order valence-electron chi connectivity index (χ3n) is 4.49. The van der Waals surface area contributed by atoms with E-state index in [1.165, 1.54) is 12.0 Å². The van der Waals surface area contributed by atoms with Crippen LogP contribution in [0.15, 0.2) is 59.8 Å². The van der Waals surface area contributed by atoms with Gasteiger partial charge in [-0.2, -0.15) is 10.5 Å². The lowest BCUT2D eigenvalue weighted by Gasteiger charge is -2.35. The molecular formula is C21H16N4O3. The predicted molar refractivity (Wildman–Crippen MR) is 101 cm³/mol. The summed E-state index contributed by atoms with van der Waals surface area (Å²) in [7, 11) is 1.27. The zero-order valence-electron chi connectivity index (χ0n) is 15.3. The molecule has 0 aromatic heterocycles. The van der Waals surface area contributed by atoms with Gasteiger partial charge < -0.3 is 10.1 Å². The highest BCUT2D eigenvalue weighted by molar-refractivity contribution is 6.03. The Morgan fingerprint density at radius 2 is 1.79 bits per heavy atom. The molecule has 1 atom stereocenters. The van der Waals surface area contributed by atoms with Gasteiger partial charge in [0.25, 0.3) is 0 Å². The highest BCUT2D eigenvalue weighted by atomic mass is 16.5. The number of amides is 2. The van der Waals surface area contributed by atoms with Gasteiger partial charge in [-0.3, -0.25) is 4.90 Å². The van der Waals surface area contributed by atoms with Crippen molar-refractivity contribution in [3.8, 4) is 12.1 Å². The molecule has 1 unspecified atom stereocenters. The number of carbonyl (C=O) groups excluding carboxylic acids is 2. The Kier molecular flexibility index (Phi) is 5.10. The average Bonchev–Trinajstić information content (AvgIpc) is 2.73. The molecule has 0 aliphatic carbocycles. The monoisotopic (exact) mass is 372 g/mol. The van der Waals surface area contributed by atoms with Crippen molar-refractivity contribution in [2.45, 2.75) is 13.0 Å². The first-order valence-electron chi connectivity index (χ1n) is 8.40. The lowest BCUT2D eigenvalue weighted by Crippen LogP contribution is -2.48. The maximum atomic E-state index is 12.9. The van der Waals surface area contributed by atoms with Crippen LogP contribution in [-0.2, 0) is 9.53 Å². The third-order valence-corrected chi connectivity index (χ3v) is 4.49. The minimum absolute atomic E-state index is 0.265. The van der Waals surface area contributed by atoms with Crippen molar-refractivity contribution in [3.63, 3.8) is 0 Å². The van der Waals surface area contributed by atoms with Crippen LogP contribution in [0.3, 0.4) is 0 Å². The molecule has 2 aromatic carbocycles. The second-order valence-electron chi connectivity index (χ2n) is 6.10. The summed E-state index contributed by atoms with van der Waals surface area (Å²) in [5.41, 5.74) is 2.67. The van der Waals surface area contributed by atoms with E-state index in [0.29, 0.717) is 28.1 Å². The normalized spacial score (nSPS) is 16.1. The predicted octanol–water partition coefficient (Wildman–Crippen LogP) is 3.15. The lowest BCUT2D eigenvalue weighted by molar-refractivity contribution is -0.136. The Balaban J connectivity index is 2.13. The molecule has 0 fully saturated rings. The Morgan fingerprint density at radius 1 is 1.11 bits per heavy atom. The fraction of sp³-hybridized carbons (Fsp3) is 0.143. The van der Waals surface area contributed by atoms with Crippen LogP contribution in [0.4, 0.5) is 10.5 Å². The lowest BCUT2D eigenvalue weighted by atomic mass is 9.93. The highest BCUT2D eigenvalue weighted by Gasteiger charge is 2.37. The zero-order chi connectivity index (χ0) is 20.3. The van der Waals surface area contributed by atoms with Crippen molar-refractivity contribution in [1.29, 1.82) is 10.5 Å². The van der Waals surface area contributed by atoms with Gasteiger partial charge in [0.1, 0.15) is 0 Å². The van der Waals surface area contributed by atoms with Crippen LogP contribution >= 0.6 is 0 Å². The summed E-state index contributed by atoms with van der Waals surface area (Å²) in [5.74, 6) is -0.580. The molecule has 1 heterocycles. The molecule has 2 amide bonds. The first kappa shape index (κ1) is 18.7. The van der Waals surface area contributed by atoms with E-state index in [1.807, 2.05) is 6.07 Å². The van der Waals surface area contributed by atoms with Gasteiger partial charge in [0.15, 0.2) is 0 Å². The summed E-state index contributed by atoms with van der Waals surface area (Å²) in [6, 6.07) is 16.0. The minimum Gasteiger partial charge on any atom is -0.466 e. The van der Waals surface area contributed by atoms with Crippen molar-refractivity contribution in [1.82, 2.24) is 5.32 Å². The highest BCUT2D eigenvalue weighted by Crippen LogP contribution is 2.34. The van der Waals surface area contributed by atoms with E-state index >= 15 is 0 Å². The van der Waals surface area contributed by atoms with Gasteiger partial charge in [0, 0.05) is 5.70 Å². The quantitative estimate of drug-likeness (QED) is 0.833. The van der Waals surface area contributed by atoms with Gasteiger partial charge in [0.05, 0.1) is 47.7 Å². The van der Waals surface area contributed by atoms with Crippen LogP contribution in [0, 0.1) is 22.7 Å². The smallest absolute Gasteiger partial charge is 0.337 e. The molecule has 0 saturated carbocycles. The number of esters is 1. The first-order valence-corrected chi connectivity index (χ1v) is 8.40. The molecule has 2 aromatic rings. The zero-order valence-corrected chi connectivity index (χ0v) is 15.3. The topological polar surface area (TPSA) is 106 Å². The van der Waals surface area contributed by atoms with E-state index in [-0.39, 0.29) is 5.57 Å². The summed E-state index contributed by atoms with van der Waals surface area (Å²) in [4.78, 5) is 26.7. The van der Waals surface area contributed by atoms with Crippen LogP contribution in [-0.4, -0.2) is 19.1 Å². The number of carbonyl (C=O) groups is 2. The minimum atomic E-state index is -0.747. The summed E-state index contributed by atoms with van der Waals surface area (Å²) in [6.07, 6.45) is 0. The number of anilines is 1. The number of hydrogen-bond acceptors (Lipinski definition) is 5. The number of ether oxygens (including phenoxy) is 1. The average molecular weight is 372 g/mol. The summed E-state index contributed by atoms with van der Waals surface area (Å²) in [6.45, 7) is 1.66. The number of urea groups is 1. The maximum absolute atomic E-state index is 12.9. The van der Waals surface area contributed by atoms with Crippen LogP contribution < -0.4 is 10.2 Å². The van der Waals surface area contributed by atoms with E-state index in [1.54, 1.807) is 55.5 Å². The van der Waals surface area contributed by atoms with E-state index < -0.39 is 18.0 Å². The van der Waals surface area contributed by atoms with Gasteiger partial charge >= 0.3 is 12.0 Å². The van der Waals surface area contributed by atoms with E-state index in [9.17, 15) is 9.59 Å². The number of rotatable bonds is 3. The number of hydrogen-bond donors (Lipinski definition) is 1. The van der Waals surface area contributed by atoms with Crippen LogP contribution in [0.1, 0.15) is 29.7 Å². The van der Waals surface area contributed by atoms with E-state index in [0.717, 1.165) is 0 Å².